The van der Waals surface area contributed by atoms with Gasteiger partial charge in [-0.3, -0.25) is 4.99 Å². The van der Waals surface area contributed by atoms with Gasteiger partial charge in [0.25, 0.3) is 0 Å². The Morgan fingerprint density at radius 3 is 3.10 bits per heavy atom. The zero-order valence-corrected chi connectivity index (χ0v) is 12.4. The van der Waals surface area contributed by atoms with E-state index >= 15 is 0 Å². The van der Waals surface area contributed by atoms with E-state index in [0.29, 0.717) is 6.04 Å². The Hall–Kier alpha value is -1.52. The maximum Gasteiger partial charge on any atom is 0.191 e. The molecule has 2 heterocycles. The minimum atomic E-state index is 0.646. The van der Waals surface area contributed by atoms with Crippen molar-refractivity contribution in [1.29, 1.82) is 0 Å². The molecule has 0 atom stereocenters. The summed E-state index contributed by atoms with van der Waals surface area (Å²) >= 11 is 0. The van der Waals surface area contributed by atoms with Crippen LogP contribution in [0.2, 0.25) is 0 Å². The maximum absolute atomic E-state index is 4.72. The largest absolute Gasteiger partial charge is 0.357 e. The molecule has 1 aliphatic carbocycles. The fourth-order valence-electron chi connectivity index (χ4n) is 2.62. The van der Waals surface area contributed by atoms with E-state index in [9.17, 15) is 0 Å². The third-order valence-corrected chi connectivity index (χ3v) is 3.86. The van der Waals surface area contributed by atoms with Crippen molar-refractivity contribution in [3.8, 4) is 0 Å². The first kappa shape index (κ1) is 13.5. The molecule has 5 nitrogen and oxygen atoms in total. The van der Waals surface area contributed by atoms with Crippen LogP contribution in [0.1, 0.15) is 44.1 Å². The first-order valence-electron chi connectivity index (χ1n) is 7.95. The van der Waals surface area contributed by atoms with E-state index in [2.05, 4.69) is 33.3 Å². The minimum absolute atomic E-state index is 0.646. The van der Waals surface area contributed by atoms with E-state index in [1.54, 1.807) is 0 Å². The molecule has 0 unspecified atom stereocenters. The zero-order chi connectivity index (χ0) is 13.8. The van der Waals surface area contributed by atoms with E-state index in [4.69, 9.17) is 4.98 Å². The van der Waals surface area contributed by atoms with E-state index in [0.717, 1.165) is 38.4 Å². The second-order valence-electron chi connectivity index (χ2n) is 5.73. The minimum Gasteiger partial charge on any atom is -0.357 e. The van der Waals surface area contributed by atoms with Crippen molar-refractivity contribution in [2.45, 2.75) is 58.0 Å². The summed E-state index contributed by atoms with van der Waals surface area (Å²) in [5.74, 6) is 2.22. The second kappa shape index (κ2) is 6.29. The number of nitrogens with zero attached hydrogens (tertiary/aromatic N) is 3. The van der Waals surface area contributed by atoms with Crippen molar-refractivity contribution in [1.82, 2.24) is 20.2 Å². The number of hydrogen-bond donors (Lipinski definition) is 2. The summed E-state index contributed by atoms with van der Waals surface area (Å²) in [6.45, 7) is 4.96. The highest BCUT2D eigenvalue weighted by Crippen LogP contribution is 2.18. The highest BCUT2D eigenvalue weighted by atomic mass is 15.2. The molecule has 3 rings (SSSR count). The molecule has 0 aromatic carbocycles. The number of aliphatic imine (C=N–C) groups is 1. The summed E-state index contributed by atoms with van der Waals surface area (Å²) in [6.07, 6.45) is 9.40. The van der Waals surface area contributed by atoms with Crippen LogP contribution in [-0.2, 0) is 19.4 Å². The van der Waals surface area contributed by atoms with E-state index in [-0.39, 0.29) is 0 Å². The van der Waals surface area contributed by atoms with Crippen LogP contribution in [0.25, 0.3) is 0 Å². The van der Waals surface area contributed by atoms with Crippen molar-refractivity contribution >= 4 is 5.96 Å². The van der Waals surface area contributed by atoms with Gasteiger partial charge in [0.05, 0.1) is 5.69 Å². The van der Waals surface area contributed by atoms with Gasteiger partial charge < -0.3 is 15.2 Å². The smallest absolute Gasteiger partial charge is 0.191 e. The maximum atomic E-state index is 4.72. The molecule has 0 amide bonds. The van der Waals surface area contributed by atoms with Gasteiger partial charge in [-0.15, -0.1) is 0 Å². The van der Waals surface area contributed by atoms with Gasteiger partial charge in [-0.2, -0.15) is 0 Å². The Morgan fingerprint density at radius 1 is 1.45 bits per heavy atom. The van der Waals surface area contributed by atoms with Gasteiger partial charge in [-0.05, 0) is 32.6 Å². The van der Waals surface area contributed by atoms with Crippen LogP contribution in [0.4, 0.5) is 0 Å². The molecule has 2 N–H and O–H groups in total. The zero-order valence-electron chi connectivity index (χ0n) is 12.4. The molecule has 0 bridgehead atoms. The quantitative estimate of drug-likeness (QED) is 0.632. The summed E-state index contributed by atoms with van der Waals surface area (Å²) in [7, 11) is 0. The number of guanidine groups is 1. The lowest BCUT2D eigenvalue weighted by atomic mass is 10.2. The number of nitrogens with one attached hydrogen (secondary N) is 2. The summed E-state index contributed by atoms with van der Waals surface area (Å²) in [5.41, 5.74) is 1.19. The fourth-order valence-corrected chi connectivity index (χ4v) is 2.62. The lowest BCUT2D eigenvalue weighted by Crippen LogP contribution is -2.38. The Labute approximate surface area is 120 Å². The first-order chi connectivity index (χ1) is 9.85. The Balaban J connectivity index is 1.53. The third kappa shape index (κ3) is 3.52. The number of rotatable bonds is 5. The summed E-state index contributed by atoms with van der Waals surface area (Å²) in [5, 5.41) is 6.74. The lowest BCUT2D eigenvalue weighted by Gasteiger charge is -2.11. The molecule has 0 spiro atoms. The molecule has 1 fully saturated rings. The molecule has 20 heavy (non-hydrogen) atoms. The van der Waals surface area contributed by atoms with Crippen LogP contribution in [0.15, 0.2) is 11.2 Å². The van der Waals surface area contributed by atoms with E-state index in [1.807, 2.05) is 0 Å². The van der Waals surface area contributed by atoms with Gasteiger partial charge in [0.1, 0.15) is 5.82 Å². The third-order valence-electron chi connectivity index (χ3n) is 3.86. The lowest BCUT2D eigenvalue weighted by molar-refractivity contribution is 0.522. The number of imidazole rings is 1. The predicted molar refractivity (Wildman–Crippen MR) is 81.0 cm³/mol. The normalized spacial score (nSPS) is 18.8. The molecule has 2 aliphatic rings. The van der Waals surface area contributed by atoms with Gasteiger partial charge >= 0.3 is 0 Å². The average molecular weight is 275 g/mol. The van der Waals surface area contributed by atoms with Crippen LogP contribution in [-0.4, -0.2) is 34.6 Å². The van der Waals surface area contributed by atoms with Crippen LogP contribution < -0.4 is 10.6 Å². The van der Waals surface area contributed by atoms with Crippen LogP contribution in [0.3, 0.4) is 0 Å². The fraction of sp³-hybridized carbons (Fsp3) is 0.733. The number of aromatic nitrogens is 2. The Bertz CT molecular complexity index is 449. The number of hydrogen-bond acceptors (Lipinski definition) is 2. The molecular formula is C15H25N5. The van der Waals surface area contributed by atoms with Crippen molar-refractivity contribution in [3.63, 3.8) is 0 Å². The molecular weight excluding hydrogens is 250 g/mol. The van der Waals surface area contributed by atoms with Crippen molar-refractivity contribution in [2.24, 2.45) is 4.99 Å². The van der Waals surface area contributed by atoms with Crippen molar-refractivity contribution in [3.05, 3.63) is 17.7 Å². The first-order valence-corrected chi connectivity index (χ1v) is 7.95. The topological polar surface area (TPSA) is 54.2 Å². The van der Waals surface area contributed by atoms with Crippen molar-refractivity contribution < 1.29 is 0 Å². The monoisotopic (exact) mass is 275 g/mol. The predicted octanol–water partition coefficient (Wildman–Crippen LogP) is 1.48. The van der Waals surface area contributed by atoms with Gasteiger partial charge in [0.15, 0.2) is 5.96 Å². The summed E-state index contributed by atoms with van der Waals surface area (Å²) in [4.78, 5) is 9.36. The average Bonchev–Trinajstić information content (AvgIpc) is 3.16. The van der Waals surface area contributed by atoms with Crippen LogP contribution in [0, 0.1) is 0 Å². The molecule has 1 saturated carbocycles. The summed E-state index contributed by atoms with van der Waals surface area (Å²) < 4.78 is 2.32. The molecule has 1 aromatic rings. The van der Waals surface area contributed by atoms with Gasteiger partial charge in [-0.25, -0.2) is 4.98 Å². The van der Waals surface area contributed by atoms with Crippen LogP contribution >= 0.6 is 0 Å². The molecule has 1 aromatic heterocycles. The highest BCUT2D eigenvalue weighted by molar-refractivity contribution is 5.80. The van der Waals surface area contributed by atoms with Gasteiger partial charge in [-0.1, -0.05) is 0 Å². The van der Waals surface area contributed by atoms with Gasteiger partial charge in [0.2, 0.25) is 0 Å². The van der Waals surface area contributed by atoms with E-state index in [1.165, 1.54) is 37.2 Å². The number of fused-ring (bicyclic) bond motifs is 1. The van der Waals surface area contributed by atoms with E-state index < -0.39 is 0 Å². The molecule has 0 radical (unpaired) electrons. The molecule has 0 saturated heterocycles. The SMILES string of the molecule is CCNC(=NCCc1cn2c(n1)CCCC2)NC1CC1. The summed E-state index contributed by atoms with van der Waals surface area (Å²) in [6, 6.07) is 0.646. The van der Waals surface area contributed by atoms with Gasteiger partial charge in [0, 0.05) is 44.7 Å². The molecule has 110 valence electrons. The molecule has 5 heteroatoms. The Kier molecular flexibility index (Phi) is 4.23. The second-order valence-corrected chi connectivity index (χ2v) is 5.73. The number of aryl methyl sites for hydroxylation is 2. The Morgan fingerprint density at radius 2 is 2.35 bits per heavy atom. The van der Waals surface area contributed by atoms with Crippen molar-refractivity contribution in [2.75, 3.05) is 13.1 Å². The molecule has 1 aliphatic heterocycles. The standard InChI is InChI=1S/C15H25N5/c1-2-16-15(19-12-6-7-12)17-9-8-13-11-20-10-4-3-5-14(20)18-13/h11-12H,2-10H2,1H3,(H2,16,17,19). The van der Waals surface area contributed by atoms with Crippen LogP contribution in [0.5, 0.6) is 0 Å². The highest BCUT2D eigenvalue weighted by Gasteiger charge is 2.22.